The number of aryl methyl sites for hydroxylation is 2. The molecule has 3 rings (SSSR count). The topological polar surface area (TPSA) is 37.8 Å². The standard InChI is InChI=1S/C15H16FN3/c1-9-7-15(19-18-10(9)2)17-14-8-13(14)11-3-5-12(16)6-4-11/h3-7,13-14H,8H2,1-2H3,(H,17,19)/t13-,14+/m0/s1. The van der Waals surface area contributed by atoms with Gasteiger partial charge < -0.3 is 5.32 Å². The van der Waals surface area contributed by atoms with E-state index in [4.69, 9.17) is 0 Å². The molecule has 1 heterocycles. The second-order valence-corrected chi connectivity index (χ2v) is 5.14. The fraction of sp³-hybridized carbons (Fsp3) is 0.333. The largest absolute Gasteiger partial charge is 0.365 e. The van der Waals surface area contributed by atoms with E-state index in [9.17, 15) is 4.39 Å². The highest BCUT2D eigenvalue weighted by Gasteiger charge is 2.38. The smallest absolute Gasteiger partial charge is 0.149 e. The van der Waals surface area contributed by atoms with E-state index in [0.29, 0.717) is 12.0 Å². The number of nitrogens with zero attached hydrogens (tertiary/aromatic N) is 2. The molecule has 1 aliphatic rings. The predicted octanol–water partition coefficient (Wildman–Crippen LogP) is 3.20. The molecule has 3 nitrogen and oxygen atoms in total. The van der Waals surface area contributed by atoms with Crippen molar-refractivity contribution >= 4 is 5.82 Å². The van der Waals surface area contributed by atoms with Gasteiger partial charge in [-0.1, -0.05) is 12.1 Å². The Morgan fingerprint density at radius 1 is 1.16 bits per heavy atom. The van der Waals surface area contributed by atoms with Crippen LogP contribution in [0, 0.1) is 19.7 Å². The minimum Gasteiger partial charge on any atom is -0.365 e. The fourth-order valence-electron chi connectivity index (χ4n) is 2.24. The van der Waals surface area contributed by atoms with Crippen molar-refractivity contribution in [1.82, 2.24) is 10.2 Å². The average Bonchev–Trinajstić information content (AvgIpc) is 3.14. The highest BCUT2D eigenvalue weighted by molar-refractivity contribution is 5.43. The zero-order chi connectivity index (χ0) is 13.4. The van der Waals surface area contributed by atoms with Crippen molar-refractivity contribution < 1.29 is 4.39 Å². The Morgan fingerprint density at radius 3 is 2.58 bits per heavy atom. The molecule has 0 saturated heterocycles. The minimum atomic E-state index is -0.186. The summed E-state index contributed by atoms with van der Waals surface area (Å²) in [5.41, 5.74) is 3.27. The maximum absolute atomic E-state index is 12.9. The van der Waals surface area contributed by atoms with E-state index in [0.717, 1.165) is 23.5 Å². The first-order chi connectivity index (χ1) is 9.13. The number of nitrogens with one attached hydrogen (secondary N) is 1. The third kappa shape index (κ3) is 2.57. The molecule has 1 aromatic heterocycles. The van der Waals surface area contributed by atoms with Crippen LogP contribution < -0.4 is 5.32 Å². The van der Waals surface area contributed by atoms with E-state index >= 15 is 0 Å². The summed E-state index contributed by atoms with van der Waals surface area (Å²) in [6.45, 7) is 3.98. The van der Waals surface area contributed by atoms with Gasteiger partial charge in [-0.2, -0.15) is 5.10 Å². The molecule has 1 saturated carbocycles. The van der Waals surface area contributed by atoms with E-state index in [1.54, 1.807) is 0 Å². The lowest BCUT2D eigenvalue weighted by Gasteiger charge is -2.06. The molecule has 1 fully saturated rings. The van der Waals surface area contributed by atoms with Crippen LogP contribution in [0.15, 0.2) is 30.3 Å². The number of halogens is 1. The monoisotopic (exact) mass is 257 g/mol. The molecule has 2 aromatic rings. The van der Waals surface area contributed by atoms with Gasteiger partial charge in [-0.3, -0.25) is 0 Å². The molecule has 0 aliphatic heterocycles. The Hall–Kier alpha value is -1.97. The van der Waals surface area contributed by atoms with Crippen LogP contribution in [0.4, 0.5) is 10.2 Å². The van der Waals surface area contributed by atoms with Crippen molar-refractivity contribution in [3.05, 3.63) is 53.0 Å². The van der Waals surface area contributed by atoms with Crippen molar-refractivity contribution in [3.63, 3.8) is 0 Å². The molecule has 98 valence electrons. The lowest BCUT2D eigenvalue weighted by molar-refractivity contribution is 0.627. The van der Waals surface area contributed by atoms with E-state index in [-0.39, 0.29) is 5.82 Å². The number of hydrogen-bond donors (Lipinski definition) is 1. The summed E-state index contributed by atoms with van der Waals surface area (Å²) < 4.78 is 12.9. The summed E-state index contributed by atoms with van der Waals surface area (Å²) in [6, 6.07) is 9.13. The van der Waals surface area contributed by atoms with Crippen LogP contribution in [0.25, 0.3) is 0 Å². The second-order valence-electron chi connectivity index (χ2n) is 5.14. The van der Waals surface area contributed by atoms with Crippen LogP contribution in [0.3, 0.4) is 0 Å². The van der Waals surface area contributed by atoms with E-state index < -0.39 is 0 Å². The van der Waals surface area contributed by atoms with Gasteiger partial charge in [0.25, 0.3) is 0 Å². The summed E-state index contributed by atoms with van der Waals surface area (Å²) in [4.78, 5) is 0. The zero-order valence-electron chi connectivity index (χ0n) is 11.0. The number of benzene rings is 1. The Bertz CT molecular complexity index is 595. The molecule has 1 aromatic carbocycles. The molecule has 2 atom stereocenters. The van der Waals surface area contributed by atoms with E-state index in [1.807, 2.05) is 32.0 Å². The first-order valence-electron chi connectivity index (χ1n) is 6.46. The van der Waals surface area contributed by atoms with Crippen LogP contribution >= 0.6 is 0 Å². The summed E-state index contributed by atoms with van der Waals surface area (Å²) in [7, 11) is 0. The summed E-state index contributed by atoms with van der Waals surface area (Å²) in [6.07, 6.45) is 1.06. The number of hydrogen-bond acceptors (Lipinski definition) is 3. The van der Waals surface area contributed by atoms with Crippen molar-refractivity contribution in [3.8, 4) is 0 Å². The van der Waals surface area contributed by atoms with Crippen molar-refractivity contribution in [2.45, 2.75) is 32.2 Å². The fourth-order valence-corrected chi connectivity index (χ4v) is 2.24. The highest BCUT2D eigenvalue weighted by Crippen LogP contribution is 2.42. The van der Waals surface area contributed by atoms with E-state index in [1.165, 1.54) is 17.7 Å². The minimum absolute atomic E-state index is 0.186. The van der Waals surface area contributed by atoms with E-state index in [2.05, 4.69) is 15.5 Å². The van der Waals surface area contributed by atoms with Crippen molar-refractivity contribution in [1.29, 1.82) is 0 Å². The number of anilines is 1. The molecule has 4 heteroatoms. The Kier molecular flexibility index (Phi) is 2.93. The molecular formula is C15H16FN3. The van der Waals surface area contributed by atoms with Crippen LogP contribution in [-0.2, 0) is 0 Å². The maximum atomic E-state index is 12.9. The Morgan fingerprint density at radius 2 is 1.89 bits per heavy atom. The molecule has 0 spiro atoms. The number of rotatable bonds is 3. The summed E-state index contributed by atoms with van der Waals surface area (Å²) >= 11 is 0. The Balaban J connectivity index is 1.67. The molecule has 19 heavy (non-hydrogen) atoms. The van der Waals surface area contributed by atoms with Gasteiger partial charge in [-0.15, -0.1) is 5.10 Å². The van der Waals surface area contributed by atoms with Crippen LogP contribution in [-0.4, -0.2) is 16.2 Å². The van der Waals surface area contributed by atoms with Crippen LogP contribution in [0.1, 0.15) is 29.2 Å². The first kappa shape index (κ1) is 12.1. The van der Waals surface area contributed by atoms with Gasteiger partial charge in [-0.05, 0) is 49.6 Å². The zero-order valence-corrected chi connectivity index (χ0v) is 11.0. The number of aromatic nitrogens is 2. The van der Waals surface area contributed by atoms with Gasteiger partial charge in [0, 0.05) is 12.0 Å². The van der Waals surface area contributed by atoms with Crippen LogP contribution in [0.5, 0.6) is 0 Å². The molecule has 1 N–H and O–H groups in total. The maximum Gasteiger partial charge on any atom is 0.149 e. The molecular weight excluding hydrogens is 241 g/mol. The third-order valence-electron chi connectivity index (χ3n) is 3.65. The van der Waals surface area contributed by atoms with Crippen molar-refractivity contribution in [2.75, 3.05) is 5.32 Å². The SMILES string of the molecule is Cc1cc(N[C@@H]2C[C@H]2c2ccc(F)cc2)nnc1C. The van der Waals surface area contributed by atoms with Gasteiger partial charge in [-0.25, -0.2) is 4.39 Å². The van der Waals surface area contributed by atoms with Crippen molar-refractivity contribution in [2.24, 2.45) is 0 Å². The van der Waals surface area contributed by atoms with Gasteiger partial charge >= 0.3 is 0 Å². The highest BCUT2D eigenvalue weighted by atomic mass is 19.1. The predicted molar refractivity (Wildman–Crippen MR) is 72.7 cm³/mol. The van der Waals surface area contributed by atoms with Crippen LogP contribution in [0.2, 0.25) is 0 Å². The lowest BCUT2D eigenvalue weighted by Crippen LogP contribution is -2.07. The normalized spacial score (nSPS) is 21.2. The first-order valence-corrected chi connectivity index (χ1v) is 6.46. The molecule has 0 unspecified atom stereocenters. The average molecular weight is 257 g/mol. The van der Waals surface area contributed by atoms with Gasteiger partial charge in [0.2, 0.25) is 0 Å². The Labute approximate surface area is 111 Å². The molecule has 0 amide bonds. The summed E-state index contributed by atoms with van der Waals surface area (Å²) in [5.74, 6) is 1.08. The van der Waals surface area contributed by atoms with Gasteiger partial charge in [0.1, 0.15) is 11.6 Å². The molecule has 0 bridgehead atoms. The van der Waals surface area contributed by atoms with Gasteiger partial charge in [0.15, 0.2) is 0 Å². The molecule has 0 radical (unpaired) electrons. The quantitative estimate of drug-likeness (QED) is 0.917. The summed E-state index contributed by atoms with van der Waals surface area (Å²) in [5, 5.41) is 11.6. The third-order valence-corrected chi connectivity index (χ3v) is 3.65. The lowest BCUT2D eigenvalue weighted by atomic mass is 10.1. The second kappa shape index (κ2) is 4.61. The molecule has 1 aliphatic carbocycles. The van der Waals surface area contributed by atoms with Gasteiger partial charge in [0.05, 0.1) is 5.69 Å².